The first kappa shape index (κ1) is 10.7. The lowest BCUT2D eigenvalue weighted by Gasteiger charge is -2.09. The van der Waals surface area contributed by atoms with Gasteiger partial charge in [0.15, 0.2) is 0 Å². The van der Waals surface area contributed by atoms with Crippen LogP contribution in [0.4, 0.5) is 0 Å². The van der Waals surface area contributed by atoms with Crippen molar-refractivity contribution in [1.29, 1.82) is 0 Å². The fraction of sp³-hybridized carbons (Fsp3) is 0.417. The zero-order valence-corrected chi connectivity index (χ0v) is 8.32. The molecule has 1 rings (SSSR count). The molecule has 2 heteroatoms. The maximum absolute atomic E-state index is 5.94. The number of unbranched alkanes of at least 4 members (excludes halogenated alkanes) is 1. The molecule has 0 bridgehead atoms. The van der Waals surface area contributed by atoms with Crippen LogP contribution in [-0.2, 0) is 6.42 Å². The first-order valence-electron chi connectivity index (χ1n) is 4.92. The van der Waals surface area contributed by atoms with E-state index in [9.17, 15) is 0 Å². The summed E-state index contributed by atoms with van der Waals surface area (Å²) in [4.78, 5) is 4.23. The Labute approximate surface area is 85.5 Å². The van der Waals surface area contributed by atoms with E-state index in [1.54, 1.807) is 6.20 Å². The average molecular weight is 188 g/mol. The van der Waals surface area contributed by atoms with E-state index in [4.69, 9.17) is 12.2 Å². The minimum Gasteiger partial charge on any atom is -0.327 e. The number of nitrogens with zero attached hydrogens (tertiary/aromatic N) is 1. The molecule has 1 unspecified atom stereocenters. The quantitative estimate of drug-likeness (QED) is 0.565. The monoisotopic (exact) mass is 188 g/mol. The van der Waals surface area contributed by atoms with Crippen molar-refractivity contribution < 1.29 is 0 Å². The first-order chi connectivity index (χ1) is 6.83. The Kier molecular flexibility index (Phi) is 4.74. The van der Waals surface area contributed by atoms with Crippen LogP contribution in [0, 0.1) is 12.3 Å². The predicted molar refractivity (Wildman–Crippen MR) is 58.6 cm³/mol. The van der Waals surface area contributed by atoms with Crippen molar-refractivity contribution >= 4 is 0 Å². The van der Waals surface area contributed by atoms with Crippen LogP contribution < -0.4 is 5.73 Å². The molecule has 0 aliphatic heterocycles. The van der Waals surface area contributed by atoms with Crippen molar-refractivity contribution in [2.24, 2.45) is 5.73 Å². The molecule has 74 valence electrons. The van der Waals surface area contributed by atoms with Crippen molar-refractivity contribution in [2.45, 2.75) is 31.7 Å². The van der Waals surface area contributed by atoms with Gasteiger partial charge in [-0.2, -0.15) is 0 Å². The molecule has 0 amide bonds. The molecule has 0 saturated carbocycles. The third-order valence-electron chi connectivity index (χ3n) is 2.09. The fourth-order valence-corrected chi connectivity index (χ4v) is 1.36. The number of pyridine rings is 1. The second-order valence-electron chi connectivity index (χ2n) is 3.38. The molecule has 1 atom stereocenters. The summed E-state index contributed by atoms with van der Waals surface area (Å²) in [7, 11) is 0. The van der Waals surface area contributed by atoms with E-state index in [1.807, 2.05) is 18.2 Å². The summed E-state index contributed by atoms with van der Waals surface area (Å²) in [6, 6.07) is 6.07. The molecule has 1 aromatic heterocycles. The van der Waals surface area contributed by atoms with Crippen LogP contribution in [0.3, 0.4) is 0 Å². The molecule has 2 nitrogen and oxygen atoms in total. The second kappa shape index (κ2) is 6.17. The number of hydrogen-bond acceptors (Lipinski definition) is 2. The SMILES string of the molecule is C#CCCCC(N)Cc1ccccn1. The number of terminal acetylenes is 1. The molecule has 0 saturated heterocycles. The zero-order chi connectivity index (χ0) is 10.2. The largest absolute Gasteiger partial charge is 0.327 e. The van der Waals surface area contributed by atoms with Gasteiger partial charge >= 0.3 is 0 Å². The lowest BCUT2D eigenvalue weighted by atomic mass is 10.1. The molecule has 0 radical (unpaired) electrons. The van der Waals surface area contributed by atoms with Crippen LogP contribution in [0.15, 0.2) is 24.4 Å². The van der Waals surface area contributed by atoms with Gasteiger partial charge in [-0.15, -0.1) is 12.3 Å². The van der Waals surface area contributed by atoms with Crippen LogP contribution in [0.2, 0.25) is 0 Å². The standard InChI is InChI=1S/C12H16N2/c1-2-3-4-7-11(13)10-12-8-5-6-9-14-12/h1,5-6,8-9,11H,3-4,7,10,13H2. The van der Waals surface area contributed by atoms with Crippen molar-refractivity contribution in [2.75, 3.05) is 0 Å². The van der Waals surface area contributed by atoms with E-state index in [1.165, 1.54) is 0 Å². The highest BCUT2D eigenvalue weighted by Gasteiger charge is 2.03. The predicted octanol–water partition coefficient (Wildman–Crippen LogP) is 1.75. The molecule has 0 fully saturated rings. The Bertz CT molecular complexity index is 287. The van der Waals surface area contributed by atoms with Crippen molar-refractivity contribution in [3.63, 3.8) is 0 Å². The van der Waals surface area contributed by atoms with Crippen LogP contribution in [0.1, 0.15) is 25.0 Å². The second-order valence-corrected chi connectivity index (χ2v) is 3.38. The van der Waals surface area contributed by atoms with Gasteiger partial charge in [0.05, 0.1) is 0 Å². The average Bonchev–Trinajstić information content (AvgIpc) is 2.20. The van der Waals surface area contributed by atoms with Gasteiger partial charge < -0.3 is 5.73 Å². The minimum absolute atomic E-state index is 0.179. The van der Waals surface area contributed by atoms with E-state index < -0.39 is 0 Å². The summed E-state index contributed by atoms with van der Waals surface area (Å²) >= 11 is 0. The Morgan fingerprint density at radius 1 is 1.50 bits per heavy atom. The molecule has 0 aliphatic rings. The number of aromatic nitrogens is 1. The molecular formula is C12H16N2. The molecule has 1 aromatic rings. The topological polar surface area (TPSA) is 38.9 Å². The normalized spacial score (nSPS) is 12.0. The molecule has 0 spiro atoms. The van der Waals surface area contributed by atoms with E-state index >= 15 is 0 Å². The van der Waals surface area contributed by atoms with Gasteiger partial charge in [0.1, 0.15) is 0 Å². The zero-order valence-electron chi connectivity index (χ0n) is 8.32. The Morgan fingerprint density at radius 2 is 2.36 bits per heavy atom. The van der Waals surface area contributed by atoms with E-state index in [-0.39, 0.29) is 6.04 Å². The van der Waals surface area contributed by atoms with Gasteiger partial charge in [0.25, 0.3) is 0 Å². The lowest BCUT2D eigenvalue weighted by molar-refractivity contribution is 0.581. The Morgan fingerprint density at radius 3 is 3.00 bits per heavy atom. The summed E-state index contributed by atoms with van der Waals surface area (Å²) in [5.41, 5.74) is 6.99. The smallest absolute Gasteiger partial charge is 0.0419 e. The van der Waals surface area contributed by atoms with Gasteiger partial charge in [-0.1, -0.05) is 6.07 Å². The summed E-state index contributed by atoms with van der Waals surface area (Å²) in [6.07, 6.45) is 10.6. The molecular weight excluding hydrogens is 172 g/mol. The summed E-state index contributed by atoms with van der Waals surface area (Å²) in [5, 5.41) is 0. The molecule has 2 N–H and O–H groups in total. The summed E-state index contributed by atoms with van der Waals surface area (Å²) in [6.45, 7) is 0. The summed E-state index contributed by atoms with van der Waals surface area (Å²) in [5.74, 6) is 2.62. The van der Waals surface area contributed by atoms with Crippen LogP contribution in [-0.4, -0.2) is 11.0 Å². The number of rotatable bonds is 5. The van der Waals surface area contributed by atoms with Crippen molar-refractivity contribution in [1.82, 2.24) is 4.98 Å². The van der Waals surface area contributed by atoms with Crippen LogP contribution >= 0.6 is 0 Å². The summed E-state index contributed by atoms with van der Waals surface area (Å²) < 4.78 is 0. The first-order valence-corrected chi connectivity index (χ1v) is 4.92. The third kappa shape index (κ3) is 4.06. The van der Waals surface area contributed by atoms with Crippen LogP contribution in [0.5, 0.6) is 0 Å². The highest BCUT2D eigenvalue weighted by Crippen LogP contribution is 2.04. The van der Waals surface area contributed by atoms with E-state index in [0.717, 1.165) is 31.4 Å². The highest BCUT2D eigenvalue weighted by molar-refractivity contribution is 5.04. The van der Waals surface area contributed by atoms with Gasteiger partial charge in [0, 0.05) is 30.8 Å². The molecule has 14 heavy (non-hydrogen) atoms. The molecule has 0 aliphatic carbocycles. The van der Waals surface area contributed by atoms with Gasteiger partial charge in [-0.25, -0.2) is 0 Å². The molecule has 1 heterocycles. The minimum atomic E-state index is 0.179. The Hall–Kier alpha value is -1.33. The van der Waals surface area contributed by atoms with E-state index in [0.29, 0.717) is 0 Å². The Balaban J connectivity index is 2.28. The highest BCUT2D eigenvalue weighted by atomic mass is 14.7. The van der Waals surface area contributed by atoms with Gasteiger partial charge in [0.2, 0.25) is 0 Å². The fourth-order valence-electron chi connectivity index (χ4n) is 1.36. The third-order valence-corrected chi connectivity index (χ3v) is 2.09. The maximum atomic E-state index is 5.94. The van der Waals surface area contributed by atoms with Gasteiger partial charge in [-0.05, 0) is 25.0 Å². The number of hydrogen-bond donors (Lipinski definition) is 1. The van der Waals surface area contributed by atoms with Crippen molar-refractivity contribution in [3.05, 3.63) is 30.1 Å². The number of nitrogens with two attached hydrogens (primary N) is 1. The molecule has 0 aromatic carbocycles. The van der Waals surface area contributed by atoms with Gasteiger partial charge in [-0.3, -0.25) is 4.98 Å². The lowest BCUT2D eigenvalue weighted by Crippen LogP contribution is -2.23. The van der Waals surface area contributed by atoms with E-state index in [2.05, 4.69) is 10.9 Å². The van der Waals surface area contributed by atoms with Crippen LogP contribution in [0.25, 0.3) is 0 Å². The maximum Gasteiger partial charge on any atom is 0.0419 e. The van der Waals surface area contributed by atoms with Crippen molar-refractivity contribution in [3.8, 4) is 12.3 Å².